The maximum atomic E-state index is 7.17. The molecule has 0 amide bonds. The van der Waals surface area contributed by atoms with Gasteiger partial charge in [-0.25, -0.2) is 0 Å². The summed E-state index contributed by atoms with van der Waals surface area (Å²) < 4.78 is 26.8. The predicted octanol–water partition coefficient (Wildman–Crippen LogP) is 35.1. The van der Waals surface area contributed by atoms with E-state index >= 15 is 0 Å². The van der Waals surface area contributed by atoms with E-state index in [9.17, 15) is 0 Å². The first kappa shape index (κ1) is 88.8. The standard InChI is InChI=1S/C112H158O4/c1-5-9-29-37-87-41-49-91(50-42-87)95-57-61-99(62-58-95)101-69-77-107-103(85-101)71-79-109(115-83-35-27-23-19-15-13-17-21-25-33-81-113-105-73-65-97(66-74-105)93-53-45-89(46-54-93)39-31-11-7-3)111(107)112-108-78-70-102(100-63-59-96(60-64-100)92-51-43-88(44-52-92)38-30-10-6-2)86-104(108)72-80-110(112)116-84-36-28-24-20-16-14-18-22-26-34-82-114-106-75-67-98(68-76-106)94-55-47-90(48-56-94)40-32-12-8-4/h57-80,85-94H,5-56,81-84H2,1-4H3. The second kappa shape index (κ2) is 50.5. The molecule has 116 heavy (non-hydrogen) atoms. The molecule has 0 spiro atoms. The molecule has 0 saturated heterocycles. The molecule has 0 aliphatic heterocycles. The summed E-state index contributed by atoms with van der Waals surface area (Å²) in [5, 5.41) is 4.91. The van der Waals surface area contributed by atoms with Crippen LogP contribution in [0.5, 0.6) is 23.0 Å². The molecular weight excluding hydrogens is 1410 g/mol. The van der Waals surface area contributed by atoms with Gasteiger partial charge in [0, 0.05) is 11.1 Å². The summed E-state index contributed by atoms with van der Waals surface area (Å²) in [6.07, 6.45) is 69.0. The van der Waals surface area contributed by atoms with Crippen LogP contribution in [0.25, 0.3) is 54.9 Å². The summed E-state index contributed by atoms with van der Waals surface area (Å²) in [6.45, 7) is 12.3. The number of hydrogen-bond donors (Lipinski definition) is 0. The Balaban J connectivity index is 0.657. The third-order valence-electron chi connectivity index (χ3n) is 28.7. The highest BCUT2D eigenvalue weighted by Gasteiger charge is 2.28. The molecule has 0 heterocycles. The van der Waals surface area contributed by atoms with Gasteiger partial charge >= 0.3 is 0 Å². The van der Waals surface area contributed by atoms with Crippen molar-refractivity contribution in [3.63, 3.8) is 0 Å². The minimum atomic E-state index is 0.680. The normalized spacial score (nSPS) is 19.9. The molecule has 0 atom stereocenters. The lowest BCUT2D eigenvalue weighted by Gasteiger charge is -2.29. The van der Waals surface area contributed by atoms with Crippen LogP contribution < -0.4 is 18.9 Å². The summed E-state index contributed by atoms with van der Waals surface area (Å²) in [7, 11) is 0. The average Bonchev–Trinajstić information content (AvgIpc) is 0.744. The van der Waals surface area contributed by atoms with E-state index in [1.165, 1.54) is 374 Å². The number of rotatable bonds is 53. The Morgan fingerprint density at radius 2 is 0.457 bits per heavy atom. The van der Waals surface area contributed by atoms with Crippen molar-refractivity contribution >= 4 is 21.5 Å². The highest BCUT2D eigenvalue weighted by atomic mass is 16.5. The van der Waals surface area contributed by atoms with Crippen LogP contribution in [0.4, 0.5) is 0 Å². The predicted molar refractivity (Wildman–Crippen MR) is 500 cm³/mol. The fraction of sp³-hybridized carbons (Fsp3) is 0.607. The van der Waals surface area contributed by atoms with E-state index in [0.717, 1.165) is 109 Å². The maximum absolute atomic E-state index is 7.17. The van der Waals surface area contributed by atoms with Crippen molar-refractivity contribution in [3.05, 3.63) is 180 Å². The zero-order valence-corrected chi connectivity index (χ0v) is 73.9. The topological polar surface area (TPSA) is 36.9 Å². The highest BCUT2D eigenvalue weighted by molar-refractivity contribution is 6.11. The second-order valence-corrected chi connectivity index (χ2v) is 37.4. The molecule has 4 heteroatoms. The Kier molecular flexibility index (Phi) is 38.7. The van der Waals surface area contributed by atoms with E-state index in [2.05, 4.69) is 185 Å². The van der Waals surface area contributed by atoms with Crippen LogP contribution in [-0.4, -0.2) is 26.4 Å². The van der Waals surface area contributed by atoms with Crippen LogP contribution in [0.3, 0.4) is 0 Å². The van der Waals surface area contributed by atoms with Gasteiger partial charge in [0.2, 0.25) is 0 Å². The van der Waals surface area contributed by atoms with Crippen LogP contribution in [0, 0.1) is 23.7 Å². The largest absolute Gasteiger partial charge is 0.494 e. The van der Waals surface area contributed by atoms with E-state index in [0.29, 0.717) is 25.0 Å². The first-order chi connectivity index (χ1) is 57.4. The van der Waals surface area contributed by atoms with Gasteiger partial charge in [0.1, 0.15) is 23.0 Å². The summed E-state index contributed by atoms with van der Waals surface area (Å²) in [5.74, 6) is 10.6. The Labute approximate surface area is 707 Å². The zero-order chi connectivity index (χ0) is 79.8. The molecule has 4 fully saturated rings. The van der Waals surface area contributed by atoms with Gasteiger partial charge in [-0.2, -0.15) is 0 Å². The zero-order valence-electron chi connectivity index (χ0n) is 73.9. The molecule has 630 valence electrons. The van der Waals surface area contributed by atoms with Gasteiger partial charge in [0.25, 0.3) is 0 Å². The summed E-state index contributed by atoms with van der Waals surface area (Å²) >= 11 is 0. The quantitative estimate of drug-likeness (QED) is 0.0356. The van der Waals surface area contributed by atoms with Gasteiger partial charge in [0.05, 0.1) is 26.4 Å². The Morgan fingerprint density at radius 3 is 0.724 bits per heavy atom. The number of hydrogen-bond acceptors (Lipinski definition) is 4. The number of unbranched alkanes of at least 4 members (excludes halogenated alkanes) is 26. The molecule has 4 aliphatic rings. The molecule has 4 nitrogen and oxygen atoms in total. The van der Waals surface area contributed by atoms with Crippen LogP contribution in [0.2, 0.25) is 0 Å². The number of ether oxygens (including phenoxy) is 4. The van der Waals surface area contributed by atoms with Crippen molar-refractivity contribution in [1.29, 1.82) is 0 Å². The van der Waals surface area contributed by atoms with Crippen LogP contribution in [0.1, 0.15) is 408 Å². The first-order valence-corrected chi connectivity index (χ1v) is 49.5. The van der Waals surface area contributed by atoms with Crippen molar-refractivity contribution in [2.45, 2.75) is 385 Å². The fourth-order valence-corrected chi connectivity index (χ4v) is 21.2. The van der Waals surface area contributed by atoms with Gasteiger partial charge in [-0.15, -0.1) is 0 Å². The van der Waals surface area contributed by atoms with Crippen LogP contribution in [0.15, 0.2) is 158 Å². The van der Waals surface area contributed by atoms with Gasteiger partial charge in [-0.3, -0.25) is 0 Å². The van der Waals surface area contributed by atoms with Crippen molar-refractivity contribution in [1.82, 2.24) is 0 Å². The maximum Gasteiger partial charge on any atom is 0.127 e. The molecule has 0 bridgehead atoms. The van der Waals surface area contributed by atoms with Crippen molar-refractivity contribution < 1.29 is 18.9 Å². The monoisotopic (exact) mass is 1570 g/mol. The molecule has 0 N–H and O–H groups in total. The molecule has 12 rings (SSSR count). The van der Waals surface area contributed by atoms with Gasteiger partial charge in [-0.1, -0.05) is 342 Å². The molecule has 8 aromatic carbocycles. The minimum absolute atomic E-state index is 0.680. The first-order valence-electron chi connectivity index (χ1n) is 49.5. The van der Waals surface area contributed by atoms with E-state index in [1.54, 1.807) is 0 Å². The molecular formula is C112H158O4. The minimum Gasteiger partial charge on any atom is -0.494 e. The summed E-state index contributed by atoms with van der Waals surface area (Å²) in [4.78, 5) is 0. The third-order valence-corrected chi connectivity index (χ3v) is 28.7. The van der Waals surface area contributed by atoms with Crippen molar-refractivity contribution in [2.24, 2.45) is 23.7 Å². The molecule has 8 aromatic rings. The molecule has 4 saturated carbocycles. The molecule has 0 aromatic heterocycles. The van der Waals surface area contributed by atoms with E-state index in [4.69, 9.17) is 18.9 Å². The molecule has 0 radical (unpaired) electrons. The van der Waals surface area contributed by atoms with E-state index in [-0.39, 0.29) is 0 Å². The Morgan fingerprint density at radius 1 is 0.216 bits per heavy atom. The smallest absolute Gasteiger partial charge is 0.127 e. The lowest BCUT2D eigenvalue weighted by atomic mass is 9.77. The molecule has 4 aliphatic carbocycles. The second-order valence-electron chi connectivity index (χ2n) is 37.4. The van der Waals surface area contributed by atoms with E-state index in [1.807, 2.05) is 0 Å². The van der Waals surface area contributed by atoms with Gasteiger partial charge < -0.3 is 18.9 Å². The summed E-state index contributed by atoms with van der Waals surface area (Å²) in [6, 6.07) is 61.4. The highest BCUT2D eigenvalue weighted by Crippen LogP contribution is 2.49. The Hall–Kier alpha value is -6.52. The summed E-state index contributed by atoms with van der Waals surface area (Å²) in [5.41, 5.74) is 13.5. The number of benzene rings is 8. The fourth-order valence-electron chi connectivity index (χ4n) is 21.2. The van der Waals surface area contributed by atoms with Crippen LogP contribution in [-0.2, 0) is 0 Å². The Bertz CT molecular complexity index is 3700. The van der Waals surface area contributed by atoms with Crippen molar-refractivity contribution in [3.8, 4) is 56.4 Å². The van der Waals surface area contributed by atoms with Gasteiger partial charge in [-0.05, 0) is 290 Å². The third kappa shape index (κ3) is 28.3. The lowest BCUT2D eigenvalue weighted by Crippen LogP contribution is -2.13. The van der Waals surface area contributed by atoms with Crippen molar-refractivity contribution in [2.75, 3.05) is 26.4 Å². The lowest BCUT2D eigenvalue weighted by molar-refractivity contribution is 0.299. The molecule has 0 unspecified atom stereocenters. The van der Waals surface area contributed by atoms with E-state index < -0.39 is 0 Å². The van der Waals surface area contributed by atoms with Gasteiger partial charge in [0.15, 0.2) is 0 Å². The number of fused-ring (bicyclic) bond motifs is 2. The average molecular weight is 1570 g/mol. The SMILES string of the molecule is CCCCCC1CCC(c2ccc(OCCCCCCCCCCCCOc3ccc4cc(-c5ccc(C6CCC(CCCCC)CC6)cc5)ccc4c3-c3c(OCCCCCCCCCCCCOc4ccc(C5CCC(CCCCC)CC5)cc4)ccc4cc(-c5ccc(C6CCC(CCCCC)CC6)cc5)ccc34)cc2)CC1. The van der Waals surface area contributed by atoms with Crippen LogP contribution >= 0.6 is 0 Å².